The van der Waals surface area contributed by atoms with Gasteiger partial charge in [0.1, 0.15) is 0 Å². The van der Waals surface area contributed by atoms with Gasteiger partial charge in [-0.3, -0.25) is 4.79 Å². The predicted molar refractivity (Wildman–Crippen MR) is 66.5 cm³/mol. The Morgan fingerprint density at radius 3 is 2.82 bits per heavy atom. The zero-order chi connectivity index (χ0) is 12.1. The minimum Gasteiger partial charge on any atom is -0.378 e. The third-order valence-electron chi connectivity index (χ3n) is 3.11. The van der Waals surface area contributed by atoms with Crippen molar-refractivity contribution in [2.24, 2.45) is 0 Å². The average molecular weight is 233 g/mol. The van der Waals surface area contributed by atoms with E-state index in [1.807, 2.05) is 37.4 Å². The van der Waals surface area contributed by atoms with Crippen LogP contribution in [0, 0.1) is 0 Å². The largest absolute Gasteiger partial charge is 0.378 e. The van der Waals surface area contributed by atoms with Gasteiger partial charge in [0.25, 0.3) is 0 Å². The molecule has 1 heterocycles. The molecule has 1 aliphatic heterocycles. The molecule has 3 nitrogen and oxygen atoms in total. The SMILES string of the molecule is CN(Cc1ccccc1)C(=O)CC1CCCO1. The summed E-state index contributed by atoms with van der Waals surface area (Å²) in [5, 5.41) is 0. The summed E-state index contributed by atoms with van der Waals surface area (Å²) in [6.45, 7) is 1.48. The van der Waals surface area contributed by atoms with E-state index in [2.05, 4.69) is 0 Å². The molecule has 3 heteroatoms. The van der Waals surface area contributed by atoms with Crippen molar-refractivity contribution in [2.75, 3.05) is 13.7 Å². The van der Waals surface area contributed by atoms with E-state index in [0.717, 1.165) is 25.0 Å². The van der Waals surface area contributed by atoms with Crippen LogP contribution in [-0.2, 0) is 16.1 Å². The van der Waals surface area contributed by atoms with Crippen LogP contribution in [0.25, 0.3) is 0 Å². The van der Waals surface area contributed by atoms with E-state index in [1.54, 1.807) is 4.90 Å². The summed E-state index contributed by atoms with van der Waals surface area (Å²) >= 11 is 0. The lowest BCUT2D eigenvalue weighted by atomic mass is 10.1. The van der Waals surface area contributed by atoms with Crippen LogP contribution in [0.4, 0.5) is 0 Å². The molecule has 0 N–H and O–H groups in total. The summed E-state index contributed by atoms with van der Waals surface area (Å²) in [4.78, 5) is 13.7. The maximum atomic E-state index is 11.9. The van der Waals surface area contributed by atoms with Crippen LogP contribution in [0.1, 0.15) is 24.8 Å². The van der Waals surface area contributed by atoms with Gasteiger partial charge >= 0.3 is 0 Å². The standard InChI is InChI=1S/C14H19NO2/c1-15(11-12-6-3-2-4-7-12)14(16)10-13-8-5-9-17-13/h2-4,6-7,13H,5,8-11H2,1H3. The molecule has 0 aromatic heterocycles. The topological polar surface area (TPSA) is 29.5 Å². The minimum absolute atomic E-state index is 0.140. The average Bonchev–Trinajstić information content (AvgIpc) is 2.83. The summed E-state index contributed by atoms with van der Waals surface area (Å²) < 4.78 is 5.48. The summed E-state index contributed by atoms with van der Waals surface area (Å²) in [6, 6.07) is 10.0. The lowest BCUT2D eigenvalue weighted by Gasteiger charge is -2.19. The van der Waals surface area contributed by atoms with Gasteiger partial charge in [-0.15, -0.1) is 0 Å². The first-order chi connectivity index (χ1) is 8.25. The highest BCUT2D eigenvalue weighted by atomic mass is 16.5. The molecule has 1 atom stereocenters. The summed E-state index contributed by atoms with van der Waals surface area (Å²) in [5.41, 5.74) is 1.16. The molecular weight excluding hydrogens is 214 g/mol. The zero-order valence-electron chi connectivity index (χ0n) is 10.3. The third-order valence-corrected chi connectivity index (χ3v) is 3.11. The molecule has 92 valence electrons. The highest BCUT2D eigenvalue weighted by Gasteiger charge is 2.20. The fraction of sp³-hybridized carbons (Fsp3) is 0.500. The maximum Gasteiger partial charge on any atom is 0.225 e. The number of rotatable bonds is 4. The normalized spacial score (nSPS) is 19.2. The van der Waals surface area contributed by atoms with Crippen LogP contribution in [0.15, 0.2) is 30.3 Å². The fourth-order valence-electron chi connectivity index (χ4n) is 2.10. The van der Waals surface area contributed by atoms with E-state index in [1.165, 1.54) is 0 Å². The first-order valence-electron chi connectivity index (χ1n) is 6.15. The Labute approximate surface area is 102 Å². The van der Waals surface area contributed by atoms with E-state index in [-0.39, 0.29) is 12.0 Å². The van der Waals surface area contributed by atoms with E-state index in [4.69, 9.17) is 4.74 Å². The molecule has 1 aromatic rings. The van der Waals surface area contributed by atoms with Crippen LogP contribution in [0.2, 0.25) is 0 Å². The number of carbonyl (C=O) groups excluding carboxylic acids is 1. The van der Waals surface area contributed by atoms with E-state index in [9.17, 15) is 4.79 Å². The van der Waals surface area contributed by atoms with Crippen molar-refractivity contribution < 1.29 is 9.53 Å². The Bertz CT molecular complexity index is 358. The molecule has 1 amide bonds. The Hall–Kier alpha value is -1.35. The summed E-state index contributed by atoms with van der Waals surface area (Å²) in [6.07, 6.45) is 2.76. The summed E-state index contributed by atoms with van der Waals surface area (Å²) in [5.74, 6) is 0.167. The van der Waals surface area contributed by atoms with Gasteiger partial charge in [0.2, 0.25) is 5.91 Å². The predicted octanol–water partition coefficient (Wildman–Crippen LogP) is 2.21. The first kappa shape index (κ1) is 12.1. The number of carbonyl (C=O) groups is 1. The van der Waals surface area contributed by atoms with E-state index >= 15 is 0 Å². The van der Waals surface area contributed by atoms with Gasteiger partial charge < -0.3 is 9.64 Å². The Kier molecular flexibility index (Phi) is 4.15. The molecule has 17 heavy (non-hydrogen) atoms. The second-order valence-corrected chi connectivity index (χ2v) is 4.57. The molecule has 1 unspecified atom stereocenters. The van der Waals surface area contributed by atoms with Crippen LogP contribution >= 0.6 is 0 Å². The molecule has 0 bridgehead atoms. The zero-order valence-corrected chi connectivity index (χ0v) is 10.3. The summed E-state index contributed by atoms with van der Waals surface area (Å²) in [7, 11) is 1.85. The van der Waals surface area contributed by atoms with Crippen LogP contribution in [0.5, 0.6) is 0 Å². The van der Waals surface area contributed by atoms with Gasteiger partial charge in [-0.05, 0) is 18.4 Å². The molecule has 1 aliphatic rings. The molecule has 0 radical (unpaired) electrons. The van der Waals surface area contributed by atoms with Crippen molar-refractivity contribution >= 4 is 5.91 Å². The molecular formula is C14H19NO2. The first-order valence-corrected chi connectivity index (χ1v) is 6.15. The van der Waals surface area contributed by atoms with Crippen molar-refractivity contribution in [1.82, 2.24) is 4.90 Å². The van der Waals surface area contributed by atoms with Gasteiger partial charge in [0.15, 0.2) is 0 Å². The molecule has 0 saturated carbocycles. The van der Waals surface area contributed by atoms with Gasteiger partial charge in [0, 0.05) is 20.2 Å². The number of amides is 1. The Morgan fingerprint density at radius 2 is 2.18 bits per heavy atom. The van der Waals surface area contributed by atoms with Crippen molar-refractivity contribution in [3.05, 3.63) is 35.9 Å². The van der Waals surface area contributed by atoms with Crippen molar-refractivity contribution in [3.8, 4) is 0 Å². The number of ether oxygens (including phenoxy) is 1. The monoisotopic (exact) mass is 233 g/mol. The van der Waals surface area contributed by atoms with Crippen LogP contribution in [0.3, 0.4) is 0 Å². The number of hydrogen-bond acceptors (Lipinski definition) is 2. The molecule has 0 spiro atoms. The van der Waals surface area contributed by atoms with Gasteiger partial charge in [-0.2, -0.15) is 0 Å². The lowest BCUT2D eigenvalue weighted by molar-refractivity contribution is -0.132. The van der Waals surface area contributed by atoms with Gasteiger partial charge in [-0.25, -0.2) is 0 Å². The molecule has 1 aromatic carbocycles. The third kappa shape index (κ3) is 3.56. The minimum atomic E-state index is 0.140. The van der Waals surface area contributed by atoms with E-state index in [0.29, 0.717) is 13.0 Å². The molecule has 2 rings (SSSR count). The molecule has 1 fully saturated rings. The van der Waals surface area contributed by atoms with Crippen molar-refractivity contribution in [1.29, 1.82) is 0 Å². The second-order valence-electron chi connectivity index (χ2n) is 4.57. The van der Waals surface area contributed by atoms with Crippen LogP contribution < -0.4 is 0 Å². The number of hydrogen-bond donors (Lipinski definition) is 0. The Balaban J connectivity index is 1.82. The molecule has 0 aliphatic carbocycles. The lowest BCUT2D eigenvalue weighted by Crippen LogP contribution is -2.29. The molecule has 1 saturated heterocycles. The quantitative estimate of drug-likeness (QED) is 0.798. The number of nitrogens with zero attached hydrogens (tertiary/aromatic N) is 1. The maximum absolute atomic E-state index is 11.9. The van der Waals surface area contributed by atoms with Crippen molar-refractivity contribution in [2.45, 2.75) is 31.9 Å². The number of benzene rings is 1. The highest BCUT2D eigenvalue weighted by molar-refractivity contribution is 5.76. The smallest absolute Gasteiger partial charge is 0.225 e. The second kappa shape index (κ2) is 5.82. The van der Waals surface area contributed by atoms with E-state index < -0.39 is 0 Å². The van der Waals surface area contributed by atoms with Crippen molar-refractivity contribution in [3.63, 3.8) is 0 Å². The highest BCUT2D eigenvalue weighted by Crippen LogP contribution is 2.16. The Morgan fingerprint density at radius 1 is 1.41 bits per heavy atom. The fourth-order valence-corrected chi connectivity index (χ4v) is 2.10. The van der Waals surface area contributed by atoms with Gasteiger partial charge in [0.05, 0.1) is 12.5 Å². The van der Waals surface area contributed by atoms with Gasteiger partial charge in [-0.1, -0.05) is 30.3 Å². The van der Waals surface area contributed by atoms with Crippen LogP contribution in [-0.4, -0.2) is 30.6 Å².